The van der Waals surface area contributed by atoms with Gasteiger partial charge in [-0.1, -0.05) is 6.92 Å². The van der Waals surface area contributed by atoms with Crippen LogP contribution in [0.25, 0.3) is 11.3 Å². The van der Waals surface area contributed by atoms with Gasteiger partial charge in [-0.3, -0.25) is 9.59 Å². The maximum Gasteiger partial charge on any atom is 0.388 e. The number of nitrogens with zero attached hydrogens (tertiary/aromatic N) is 3. The number of hydrogen-bond donors (Lipinski definition) is 1. The van der Waals surface area contributed by atoms with E-state index in [0.717, 1.165) is 11.1 Å². The summed E-state index contributed by atoms with van der Waals surface area (Å²) in [4.78, 5) is 27.5. The third-order valence-corrected chi connectivity index (χ3v) is 3.42. The fraction of sp³-hybridized carbons (Fsp3) is 0.375. The van der Waals surface area contributed by atoms with E-state index < -0.39 is 12.2 Å². The minimum atomic E-state index is -2.96. The lowest BCUT2D eigenvalue weighted by Crippen LogP contribution is -2.37. The van der Waals surface area contributed by atoms with Gasteiger partial charge in [0.2, 0.25) is 11.8 Å². The second-order valence-electron chi connectivity index (χ2n) is 5.35. The first-order chi connectivity index (χ1) is 11.9. The standard InChI is InChI=1S/C16H18F2N4O3.H2/c1-3-10(2)20-13(23)9-22-15(24)7-5-12(21-22)11-4-6-14(19-8-11)25-16(17)18;/h4-8,10,16H,3,9H2,1-2H3,(H,20,23);1H/t10-;/m1./s1. The smallest absolute Gasteiger partial charge is 0.388 e. The van der Waals surface area contributed by atoms with Gasteiger partial charge < -0.3 is 10.1 Å². The molecule has 0 fully saturated rings. The summed E-state index contributed by atoms with van der Waals surface area (Å²) in [7, 11) is 0. The molecule has 0 saturated heterocycles. The van der Waals surface area contributed by atoms with Crippen LogP contribution in [0.1, 0.15) is 21.7 Å². The molecule has 1 N–H and O–H groups in total. The van der Waals surface area contributed by atoms with Gasteiger partial charge >= 0.3 is 6.61 Å². The summed E-state index contributed by atoms with van der Waals surface area (Å²) in [6.07, 6.45) is 2.07. The summed E-state index contributed by atoms with van der Waals surface area (Å²) in [5.41, 5.74) is 0.457. The van der Waals surface area contributed by atoms with Gasteiger partial charge in [0.15, 0.2) is 0 Å². The molecular formula is C16H20F2N4O3. The SMILES string of the molecule is CC[C@@H](C)NC(=O)Cn1nc(-c2ccc(OC(F)F)nc2)ccc1=O.[HH]. The van der Waals surface area contributed by atoms with Crippen molar-refractivity contribution in [3.63, 3.8) is 0 Å². The van der Waals surface area contributed by atoms with Crippen LogP contribution >= 0.6 is 0 Å². The number of pyridine rings is 1. The number of hydrogen-bond acceptors (Lipinski definition) is 5. The van der Waals surface area contributed by atoms with Crippen molar-refractivity contribution in [3.05, 3.63) is 40.8 Å². The van der Waals surface area contributed by atoms with Crippen LogP contribution < -0.4 is 15.6 Å². The van der Waals surface area contributed by atoms with Gasteiger partial charge in [0.05, 0.1) is 5.69 Å². The van der Waals surface area contributed by atoms with Crippen LogP contribution in [0.5, 0.6) is 5.88 Å². The highest BCUT2D eigenvalue weighted by Gasteiger charge is 2.11. The predicted octanol–water partition coefficient (Wildman–Crippen LogP) is 2.07. The van der Waals surface area contributed by atoms with Gasteiger partial charge in [-0.15, -0.1) is 0 Å². The molecule has 2 aromatic rings. The molecule has 7 nitrogen and oxygen atoms in total. The Hall–Kier alpha value is -2.84. The van der Waals surface area contributed by atoms with Gasteiger partial charge in [-0.25, -0.2) is 9.67 Å². The Kier molecular flexibility index (Phi) is 6.15. The summed E-state index contributed by atoms with van der Waals surface area (Å²) in [5.74, 6) is -0.542. The molecule has 0 spiro atoms. The Morgan fingerprint density at radius 1 is 1.36 bits per heavy atom. The Bertz CT molecular complexity index is 784. The Balaban J connectivity index is 0.00000338. The van der Waals surface area contributed by atoms with Crippen molar-refractivity contribution in [1.82, 2.24) is 20.1 Å². The average molecular weight is 354 g/mol. The summed E-state index contributed by atoms with van der Waals surface area (Å²) >= 11 is 0. The zero-order chi connectivity index (χ0) is 18.4. The summed E-state index contributed by atoms with van der Waals surface area (Å²) in [6.45, 7) is 0.628. The summed E-state index contributed by atoms with van der Waals surface area (Å²) in [6, 6.07) is 5.51. The van der Waals surface area contributed by atoms with Gasteiger partial charge in [0.1, 0.15) is 6.54 Å². The van der Waals surface area contributed by atoms with Crippen LogP contribution in [0.4, 0.5) is 8.78 Å². The number of rotatable bonds is 7. The van der Waals surface area contributed by atoms with Crippen molar-refractivity contribution in [2.24, 2.45) is 0 Å². The molecule has 0 aliphatic heterocycles. The molecule has 2 rings (SSSR count). The molecule has 0 aliphatic carbocycles. The fourth-order valence-electron chi connectivity index (χ4n) is 1.97. The largest absolute Gasteiger partial charge is 0.417 e. The molecule has 2 aromatic heterocycles. The third kappa shape index (κ3) is 5.33. The molecule has 1 amide bonds. The second kappa shape index (κ2) is 8.32. The van der Waals surface area contributed by atoms with Crippen molar-refractivity contribution in [3.8, 4) is 17.1 Å². The molecule has 9 heteroatoms. The maximum atomic E-state index is 12.1. The zero-order valence-electron chi connectivity index (χ0n) is 13.8. The van der Waals surface area contributed by atoms with E-state index in [2.05, 4.69) is 20.1 Å². The molecule has 25 heavy (non-hydrogen) atoms. The van der Waals surface area contributed by atoms with Gasteiger partial charge in [-0.05, 0) is 25.5 Å². The lowest BCUT2D eigenvalue weighted by molar-refractivity contribution is -0.122. The lowest BCUT2D eigenvalue weighted by Gasteiger charge is -2.12. The number of alkyl halides is 2. The van der Waals surface area contributed by atoms with E-state index in [0.29, 0.717) is 11.3 Å². The highest BCUT2D eigenvalue weighted by atomic mass is 19.3. The van der Waals surface area contributed by atoms with Gasteiger partial charge in [0, 0.05) is 31.4 Å². The Labute approximate surface area is 144 Å². The molecule has 0 unspecified atom stereocenters. The molecular weight excluding hydrogens is 334 g/mol. The fourth-order valence-corrected chi connectivity index (χ4v) is 1.97. The topological polar surface area (TPSA) is 86.1 Å². The quantitative estimate of drug-likeness (QED) is 0.823. The van der Waals surface area contributed by atoms with Crippen LogP contribution in [0.2, 0.25) is 0 Å². The Morgan fingerprint density at radius 2 is 2.12 bits per heavy atom. The normalized spacial score (nSPS) is 12.0. The summed E-state index contributed by atoms with van der Waals surface area (Å²) in [5, 5.41) is 6.87. The number of nitrogens with one attached hydrogen (secondary N) is 1. The highest BCUT2D eigenvalue weighted by molar-refractivity contribution is 5.75. The van der Waals surface area contributed by atoms with Crippen LogP contribution in [0.15, 0.2) is 35.3 Å². The number of aromatic nitrogens is 3. The molecule has 1 atom stereocenters. The van der Waals surface area contributed by atoms with Gasteiger partial charge in [0.25, 0.3) is 5.56 Å². The number of amides is 1. The highest BCUT2D eigenvalue weighted by Crippen LogP contribution is 2.18. The number of carbonyl (C=O) groups excluding carboxylic acids is 1. The van der Waals surface area contributed by atoms with Crippen LogP contribution in [-0.4, -0.2) is 33.3 Å². The van der Waals surface area contributed by atoms with Crippen LogP contribution in [0.3, 0.4) is 0 Å². The van der Waals surface area contributed by atoms with E-state index in [1.54, 1.807) is 0 Å². The first-order valence-corrected chi connectivity index (χ1v) is 7.67. The number of carbonyl (C=O) groups is 1. The van der Waals surface area contributed by atoms with Crippen molar-refractivity contribution in [2.45, 2.75) is 39.5 Å². The molecule has 0 aliphatic rings. The predicted molar refractivity (Wildman–Crippen MR) is 88.4 cm³/mol. The van der Waals surface area contributed by atoms with E-state index in [1.165, 1.54) is 30.5 Å². The van der Waals surface area contributed by atoms with E-state index in [-0.39, 0.29) is 25.8 Å². The lowest BCUT2D eigenvalue weighted by atomic mass is 10.2. The second-order valence-corrected chi connectivity index (χ2v) is 5.35. The maximum absolute atomic E-state index is 12.1. The molecule has 0 bridgehead atoms. The molecule has 0 saturated carbocycles. The van der Waals surface area contributed by atoms with Crippen molar-refractivity contribution < 1.29 is 19.7 Å². The number of halogens is 2. The Morgan fingerprint density at radius 3 is 2.72 bits per heavy atom. The monoisotopic (exact) mass is 354 g/mol. The first kappa shape index (κ1) is 18.5. The van der Waals surface area contributed by atoms with Crippen LogP contribution in [0, 0.1) is 0 Å². The molecule has 0 aromatic carbocycles. The van der Waals surface area contributed by atoms with Crippen LogP contribution in [-0.2, 0) is 11.3 Å². The van der Waals surface area contributed by atoms with Gasteiger partial charge in [-0.2, -0.15) is 13.9 Å². The first-order valence-electron chi connectivity index (χ1n) is 7.67. The van der Waals surface area contributed by atoms with E-state index in [1.807, 2.05) is 13.8 Å². The third-order valence-electron chi connectivity index (χ3n) is 3.42. The van der Waals surface area contributed by atoms with Crippen molar-refractivity contribution in [2.75, 3.05) is 0 Å². The minimum Gasteiger partial charge on any atom is -0.417 e. The molecule has 0 radical (unpaired) electrons. The molecule has 2 heterocycles. The summed E-state index contributed by atoms with van der Waals surface area (Å²) < 4.78 is 29.5. The van der Waals surface area contributed by atoms with Crippen molar-refractivity contribution in [1.29, 1.82) is 0 Å². The minimum absolute atomic E-state index is 0. The van der Waals surface area contributed by atoms with E-state index in [4.69, 9.17) is 0 Å². The van der Waals surface area contributed by atoms with E-state index in [9.17, 15) is 18.4 Å². The zero-order valence-corrected chi connectivity index (χ0v) is 13.8. The molecule has 136 valence electrons. The average Bonchev–Trinajstić information content (AvgIpc) is 2.57. The van der Waals surface area contributed by atoms with Crippen molar-refractivity contribution >= 4 is 5.91 Å². The number of ether oxygens (including phenoxy) is 1. The van der Waals surface area contributed by atoms with E-state index >= 15 is 0 Å².